The van der Waals surface area contributed by atoms with Crippen molar-refractivity contribution in [1.82, 2.24) is 9.21 Å². The first-order valence-electron chi connectivity index (χ1n) is 6.63. The van der Waals surface area contributed by atoms with Crippen molar-refractivity contribution in [1.29, 1.82) is 5.26 Å². The first-order chi connectivity index (χ1) is 9.45. The van der Waals surface area contributed by atoms with Crippen LogP contribution in [0.25, 0.3) is 0 Å². The number of methoxy groups -OCH3 is 1. The van der Waals surface area contributed by atoms with Crippen LogP contribution in [0.4, 0.5) is 0 Å². The first kappa shape index (κ1) is 16.9. The molecule has 0 aliphatic carbocycles. The fourth-order valence-corrected chi connectivity index (χ4v) is 3.69. The van der Waals surface area contributed by atoms with E-state index < -0.39 is 15.3 Å². The Morgan fingerprint density at radius 3 is 2.40 bits per heavy atom. The molecule has 0 spiro atoms. The van der Waals surface area contributed by atoms with Crippen LogP contribution in [0.3, 0.4) is 0 Å². The van der Waals surface area contributed by atoms with E-state index in [4.69, 9.17) is 5.26 Å². The van der Waals surface area contributed by atoms with E-state index in [0.29, 0.717) is 45.6 Å². The van der Waals surface area contributed by atoms with Gasteiger partial charge < -0.3 is 9.64 Å². The van der Waals surface area contributed by atoms with Crippen molar-refractivity contribution >= 4 is 16.0 Å². The van der Waals surface area contributed by atoms with Gasteiger partial charge in [0.25, 0.3) is 0 Å². The highest BCUT2D eigenvalue weighted by atomic mass is 32.2. The molecule has 0 amide bonds. The van der Waals surface area contributed by atoms with E-state index in [1.807, 2.05) is 11.0 Å². The summed E-state index contributed by atoms with van der Waals surface area (Å²) in [5.41, 5.74) is 0. The Balaban J connectivity index is 2.50. The maximum absolute atomic E-state index is 12.2. The molecule has 1 saturated heterocycles. The number of sulfonamides is 1. The van der Waals surface area contributed by atoms with Crippen LogP contribution < -0.4 is 0 Å². The third-order valence-electron chi connectivity index (χ3n) is 3.43. The number of nitriles is 1. The van der Waals surface area contributed by atoms with Gasteiger partial charge in [0.2, 0.25) is 10.0 Å². The summed E-state index contributed by atoms with van der Waals surface area (Å²) in [4.78, 5) is 13.1. The molecule has 0 saturated carbocycles. The number of rotatable bonds is 6. The Bertz CT molecular complexity index is 464. The molecule has 1 unspecified atom stereocenters. The molecule has 0 aromatic rings. The molecule has 0 aromatic carbocycles. The van der Waals surface area contributed by atoms with E-state index in [1.165, 1.54) is 11.4 Å². The molecule has 7 nitrogen and oxygen atoms in total. The van der Waals surface area contributed by atoms with Gasteiger partial charge in [0.05, 0.1) is 19.6 Å². The van der Waals surface area contributed by atoms with Gasteiger partial charge in [-0.2, -0.15) is 9.57 Å². The molecule has 1 atom stereocenters. The van der Waals surface area contributed by atoms with Gasteiger partial charge in [-0.15, -0.1) is 0 Å². The third-order valence-corrected chi connectivity index (χ3v) is 5.67. The average molecular weight is 303 g/mol. The molecule has 20 heavy (non-hydrogen) atoms. The summed E-state index contributed by atoms with van der Waals surface area (Å²) < 4.78 is 30.3. The minimum absolute atomic E-state index is 0.268. The smallest absolute Gasteiger partial charge is 0.306 e. The first-order valence-corrected chi connectivity index (χ1v) is 8.13. The Labute approximate surface area is 120 Å². The third kappa shape index (κ3) is 4.16. The second-order valence-electron chi connectivity index (χ2n) is 4.64. The minimum atomic E-state index is -3.53. The molecule has 0 bridgehead atoms. The van der Waals surface area contributed by atoms with E-state index in [1.54, 1.807) is 6.92 Å². The molecule has 1 rings (SSSR count). The van der Waals surface area contributed by atoms with Crippen LogP contribution in [0.15, 0.2) is 0 Å². The van der Waals surface area contributed by atoms with Crippen molar-refractivity contribution in [3.05, 3.63) is 0 Å². The molecule has 8 heteroatoms. The van der Waals surface area contributed by atoms with Gasteiger partial charge in [0, 0.05) is 32.7 Å². The minimum Gasteiger partial charge on any atom is -0.469 e. The van der Waals surface area contributed by atoms with Gasteiger partial charge in [-0.05, 0) is 6.42 Å². The van der Waals surface area contributed by atoms with Gasteiger partial charge in [-0.3, -0.25) is 4.79 Å². The van der Waals surface area contributed by atoms with E-state index in [-0.39, 0.29) is 5.97 Å². The molecule has 1 aliphatic heterocycles. The number of hydrogen-bond donors (Lipinski definition) is 0. The highest BCUT2D eigenvalue weighted by Gasteiger charge is 2.33. The van der Waals surface area contributed by atoms with Gasteiger partial charge in [-0.1, -0.05) is 6.92 Å². The lowest BCUT2D eigenvalue weighted by Crippen LogP contribution is -2.51. The second kappa shape index (κ2) is 7.57. The zero-order valence-electron chi connectivity index (χ0n) is 11.9. The van der Waals surface area contributed by atoms with Crippen molar-refractivity contribution in [2.75, 3.05) is 39.8 Å². The standard InChI is InChI=1S/C12H21N3O4S/c1-3-11(10-13)20(17,18)15-8-6-14(7-9-15)5-4-12(16)19-2/h11H,3-9H2,1-2H3. The molecule has 1 heterocycles. The molecule has 114 valence electrons. The zero-order chi connectivity index (χ0) is 15.2. The highest BCUT2D eigenvalue weighted by Crippen LogP contribution is 2.14. The summed E-state index contributed by atoms with van der Waals surface area (Å²) in [5.74, 6) is -0.268. The summed E-state index contributed by atoms with van der Waals surface area (Å²) in [5, 5.41) is 7.93. The number of ether oxygens (including phenoxy) is 1. The molecule has 1 fully saturated rings. The van der Waals surface area contributed by atoms with Crippen LogP contribution in [0.5, 0.6) is 0 Å². The summed E-state index contributed by atoms with van der Waals surface area (Å²) >= 11 is 0. The predicted molar refractivity (Wildman–Crippen MR) is 73.3 cm³/mol. The normalized spacial score (nSPS) is 19.2. The Morgan fingerprint density at radius 1 is 1.35 bits per heavy atom. The summed E-state index contributed by atoms with van der Waals surface area (Å²) in [6, 6.07) is 1.84. The van der Waals surface area contributed by atoms with Crippen molar-refractivity contribution < 1.29 is 17.9 Å². The van der Waals surface area contributed by atoms with Crippen LogP contribution in [-0.4, -0.2) is 68.7 Å². The topological polar surface area (TPSA) is 90.7 Å². The predicted octanol–water partition coefficient (Wildman–Crippen LogP) is -0.201. The van der Waals surface area contributed by atoms with E-state index >= 15 is 0 Å². The SMILES string of the molecule is CCC(C#N)S(=O)(=O)N1CCN(CCC(=O)OC)CC1. The van der Waals surface area contributed by atoms with Crippen LogP contribution in [0.1, 0.15) is 19.8 Å². The molecule has 0 radical (unpaired) electrons. The monoisotopic (exact) mass is 303 g/mol. The van der Waals surface area contributed by atoms with Crippen molar-refractivity contribution in [2.45, 2.75) is 25.0 Å². The molecule has 0 N–H and O–H groups in total. The van der Waals surface area contributed by atoms with Crippen LogP contribution in [0, 0.1) is 11.3 Å². The fraction of sp³-hybridized carbons (Fsp3) is 0.833. The van der Waals surface area contributed by atoms with Crippen molar-refractivity contribution in [2.24, 2.45) is 0 Å². The van der Waals surface area contributed by atoms with Crippen molar-refractivity contribution in [3.63, 3.8) is 0 Å². The lowest BCUT2D eigenvalue weighted by atomic mass is 10.3. The van der Waals surface area contributed by atoms with Gasteiger partial charge >= 0.3 is 5.97 Å². The number of hydrogen-bond acceptors (Lipinski definition) is 6. The number of carbonyl (C=O) groups is 1. The number of esters is 1. The molecular weight excluding hydrogens is 282 g/mol. The lowest BCUT2D eigenvalue weighted by Gasteiger charge is -2.34. The maximum atomic E-state index is 12.2. The largest absolute Gasteiger partial charge is 0.469 e. The molecular formula is C12H21N3O4S. The lowest BCUT2D eigenvalue weighted by molar-refractivity contribution is -0.141. The maximum Gasteiger partial charge on any atom is 0.306 e. The van der Waals surface area contributed by atoms with E-state index in [9.17, 15) is 13.2 Å². The van der Waals surface area contributed by atoms with Gasteiger partial charge in [0.15, 0.2) is 5.25 Å². The number of carbonyl (C=O) groups excluding carboxylic acids is 1. The van der Waals surface area contributed by atoms with Crippen LogP contribution >= 0.6 is 0 Å². The summed E-state index contributed by atoms with van der Waals surface area (Å²) in [6.07, 6.45) is 0.598. The number of nitrogens with zero attached hydrogens (tertiary/aromatic N) is 3. The summed E-state index contributed by atoms with van der Waals surface area (Å²) in [6.45, 7) is 4.12. The van der Waals surface area contributed by atoms with Crippen molar-refractivity contribution in [3.8, 4) is 6.07 Å². The quantitative estimate of drug-likeness (QED) is 0.631. The van der Waals surface area contributed by atoms with Crippen LogP contribution in [-0.2, 0) is 19.6 Å². The summed E-state index contributed by atoms with van der Waals surface area (Å²) in [7, 11) is -2.18. The van der Waals surface area contributed by atoms with E-state index in [2.05, 4.69) is 4.74 Å². The molecule has 1 aliphatic rings. The Kier molecular flexibility index (Phi) is 6.39. The average Bonchev–Trinajstić information content (AvgIpc) is 2.46. The fourth-order valence-electron chi connectivity index (χ4n) is 2.11. The van der Waals surface area contributed by atoms with Crippen LogP contribution in [0.2, 0.25) is 0 Å². The van der Waals surface area contributed by atoms with E-state index in [0.717, 1.165) is 0 Å². The highest BCUT2D eigenvalue weighted by molar-refractivity contribution is 7.90. The van der Waals surface area contributed by atoms with Gasteiger partial charge in [-0.25, -0.2) is 8.42 Å². The molecule has 0 aromatic heterocycles. The zero-order valence-corrected chi connectivity index (χ0v) is 12.7. The Morgan fingerprint density at radius 2 is 1.95 bits per heavy atom. The number of piperazine rings is 1. The Hall–Kier alpha value is -1.17. The van der Waals surface area contributed by atoms with Gasteiger partial charge in [0.1, 0.15) is 0 Å². The second-order valence-corrected chi connectivity index (χ2v) is 6.75.